The van der Waals surface area contributed by atoms with Gasteiger partial charge >= 0.3 is 6.18 Å². The van der Waals surface area contributed by atoms with E-state index in [-0.39, 0.29) is 10.6 Å². The van der Waals surface area contributed by atoms with E-state index < -0.39 is 23.6 Å². The second kappa shape index (κ2) is 6.50. The van der Waals surface area contributed by atoms with Crippen LogP contribution in [0.15, 0.2) is 12.1 Å². The Morgan fingerprint density at radius 1 is 1.29 bits per heavy atom. The molecule has 1 saturated heterocycles. The van der Waals surface area contributed by atoms with Crippen molar-refractivity contribution in [2.45, 2.75) is 25.6 Å². The number of benzene rings is 1. The van der Waals surface area contributed by atoms with Crippen LogP contribution in [0.4, 0.5) is 17.6 Å². The van der Waals surface area contributed by atoms with Gasteiger partial charge < -0.3 is 5.32 Å². The van der Waals surface area contributed by atoms with Crippen molar-refractivity contribution in [3.8, 4) is 0 Å². The molecular formula is C14H17ClF4N2. The highest BCUT2D eigenvalue weighted by molar-refractivity contribution is 6.30. The Morgan fingerprint density at radius 3 is 2.43 bits per heavy atom. The van der Waals surface area contributed by atoms with E-state index >= 15 is 0 Å². The first-order chi connectivity index (χ1) is 9.86. The molecule has 1 aromatic rings. The smallest absolute Gasteiger partial charge is 0.314 e. The number of nitrogens with zero attached hydrogens (tertiary/aromatic N) is 1. The SMILES string of the molecule is CC[C@@H](c1c(C(F)(F)F)ccc(Cl)c1F)N1CCNCC1. The lowest BCUT2D eigenvalue weighted by Crippen LogP contribution is -2.45. The molecule has 0 bridgehead atoms. The van der Waals surface area contributed by atoms with Crippen molar-refractivity contribution in [1.82, 2.24) is 10.2 Å². The summed E-state index contributed by atoms with van der Waals surface area (Å²) in [7, 11) is 0. The molecule has 1 aromatic carbocycles. The van der Waals surface area contributed by atoms with Gasteiger partial charge in [-0.3, -0.25) is 4.90 Å². The van der Waals surface area contributed by atoms with Crippen LogP contribution in [0.5, 0.6) is 0 Å². The summed E-state index contributed by atoms with van der Waals surface area (Å²) in [6.07, 6.45) is -4.21. The Labute approximate surface area is 126 Å². The van der Waals surface area contributed by atoms with Gasteiger partial charge in [-0.2, -0.15) is 13.2 Å². The van der Waals surface area contributed by atoms with E-state index in [2.05, 4.69) is 5.32 Å². The highest BCUT2D eigenvalue weighted by Gasteiger charge is 2.38. The van der Waals surface area contributed by atoms with Gasteiger partial charge in [-0.05, 0) is 18.6 Å². The molecule has 0 radical (unpaired) electrons. The maximum absolute atomic E-state index is 14.3. The lowest BCUT2D eigenvalue weighted by Gasteiger charge is -2.36. The zero-order chi connectivity index (χ0) is 15.6. The van der Waals surface area contributed by atoms with Crippen LogP contribution < -0.4 is 5.32 Å². The third-order valence-electron chi connectivity index (χ3n) is 3.75. The van der Waals surface area contributed by atoms with Gasteiger partial charge in [-0.1, -0.05) is 18.5 Å². The lowest BCUT2D eigenvalue weighted by atomic mass is 9.95. The minimum atomic E-state index is -4.60. The fourth-order valence-corrected chi connectivity index (χ4v) is 2.94. The van der Waals surface area contributed by atoms with E-state index in [0.717, 1.165) is 12.1 Å². The number of rotatable bonds is 3. The summed E-state index contributed by atoms with van der Waals surface area (Å²) in [5.74, 6) is -0.961. The Kier molecular flexibility index (Phi) is 5.11. The summed E-state index contributed by atoms with van der Waals surface area (Å²) >= 11 is 5.70. The van der Waals surface area contributed by atoms with Crippen LogP contribution in [-0.4, -0.2) is 31.1 Å². The van der Waals surface area contributed by atoms with Gasteiger partial charge in [-0.25, -0.2) is 4.39 Å². The van der Waals surface area contributed by atoms with E-state index in [4.69, 9.17) is 11.6 Å². The number of halogens is 5. The number of hydrogen-bond donors (Lipinski definition) is 1. The molecular weight excluding hydrogens is 308 g/mol. The summed E-state index contributed by atoms with van der Waals surface area (Å²) in [5.41, 5.74) is -1.27. The molecule has 0 amide bonds. The first-order valence-corrected chi connectivity index (χ1v) is 7.24. The molecule has 1 aliphatic rings. The second-order valence-corrected chi connectivity index (χ2v) is 5.44. The van der Waals surface area contributed by atoms with Crippen LogP contribution in [0.1, 0.15) is 30.5 Å². The molecule has 1 heterocycles. The van der Waals surface area contributed by atoms with Crippen LogP contribution >= 0.6 is 11.6 Å². The Balaban J connectivity index is 2.50. The number of hydrogen-bond acceptors (Lipinski definition) is 2. The van der Waals surface area contributed by atoms with Crippen LogP contribution in [0.3, 0.4) is 0 Å². The summed E-state index contributed by atoms with van der Waals surface area (Å²) in [4.78, 5) is 1.88. The van der Waals surface area contributed by atoms with Gasteiger partial charge in [0.05, 0.1) is 10.6 Å². The maximum Gasteiger partial charge on any atom is 0.416 e. The molecule has 1 N–H and O–H groups in total. The van der Waals surface area contributed by atoms with Crippen LogP contribution in [-0.2, 0) is 6.18 Å². The first kappa shape index (κ1) is 16.5. The van der Waals surface area contributed by atoms with Crippen molar-refractivity contribution >= 4 is 11.6 Å². The Bertz CT molecular complexity index is 498. The van der Waals surface area contributed by atoms with E-state index in [9.17, 15) is 17.6 Å². The summed E-state index contributed by atoms with van der Waals surface area (Å²) < 4.78 is 53.9. The van der Waals surface area contributed by atoms with Crippen LogP contribution in [0.25, 0.3) is 0 Å². The molecule has 7 heteroatoms. The molecule has 0 spiro atoms. The van der Waals surface area contributed by atoms with Gasteiger partial charge in [-0.15, -0.1) is 0 Å². The molecule has 0 saturated carbocycles. The molecule has 0 aliphatic carbocycles. The molecule has 21 heavy (non-hydrogen) atoms. The maximum atomic E-state index is 14.3. The van der Waals surface area contributed by atoms with E-state index in [1.54, 1.807) is 6.92 Å². The van der Waals surface area contributed by atoms with Crippen molar-refractivity contribution < 1.29 is 17.6 Å². The summed E-state index contributed by atoms with van der Waals surface area (Å²) in [5, 5.41) is 2.86. The molecule has 118 valence electrons. The zero-order valence-corrected chi connectivity index (χ0v) is 12.4. The molecule has 2 rings (SSSR count). The average Bonchev–Trinajstić information content (AvgIpc) is 2.44. The van der Waals surface area contributed by atoms with Gasteiger partial charge in [0.15, 0.2) is 0 Å². The number of alkyl halides is 3. The fourth-order valence-electron chi connectivity index (χ4n) is 2.78. The normalized spacial score (nSPS) is 18.8. The van der Waals surface area contributed by atoms with E-state index in [1.165, 1.54) is 0 Å². The third kappa shape index (κ3) is 3.49. The largest absolute Gasteiger partial charge is 0.416 e. The fraction of sp³-hybridized carbons (Fsp3) is 0.571. The standard InChI is InChI=1S/C14H17ClF4N2/c1-2-11(21-7-5-20-6-8-21)12-9(14(17,18)19)3-4-10(15)13(12)16/h3-4,11,20H,2,5-8H2,1H3/t11-/m0/s1. The van der Waals surface area contributed by atoms with Crippen molar-refractivity contribution in [3.05, 3.63) is 34.1 Å². The van der Waals surface area contributed by atoms with Crippen molar-refractivity contribution in [3.63, 3.8) is 0 Å². The first-order valence-electron chi connectivity index (χ1n) is 6.86. The molecule has 0 aromatic heterocycles. The Morgan fingerprint density at radius 2 is 1.90 bits per heavy atom. The molecule has 0 unspecified atom stereocenters. The van der Waals surface area contributed by atoms with E-state index in [0.29, 0.717) is 32.6 Å². The predicted octanol–water partition coefficient (Wildman–Crippen LogP) is 3.85. The predicted molar refractivity (Wildman–Crippen MR) is 73.9 cm³/mol. The highest BCUT2D eigenvalue weighted by atomic mass is 35.5. The second-order valence-electron chi connectivity index (χ2n) is 5.03. The Hall–Kier alpha value is -0.850. The summed E-state index contributed by atoms with van der Waals surface area (Å²) in [6, 6.07) is 1.21. The number of piperazine rings is 1. The zero-order valence-electron chi connectivity index (χ0n) is 11.6. The van der Waals surface area contributed by atoms with Gasteiger partial charge in [0, 0.05) is 37.8 Å². The lowest BCUT2D eigenvalue weighted by molar-refractivity contribution is -0.139. The number of nitrogens with one attached hydrogen (secondary N) is 1. The third-order valence-corrected chi connectivity index (χ3v) is 4.04. The molecule has 1 aliphatic heterocycles. The molecule has 2 nitrogen and oxygen atoms in total. The molecule has 1 atom stereocenters. The molecule has 1 fully saturated rings. The topological polar surface area (TPSA) is 15.3 Å². The minimum absolute atomic E-state index is 0.272. The van der Waals surface area contributed by atoms with Gasteiger partial charge in [0.1, 0.15) is 5.82 Å². The minimum Gasteiger partial charge on any atom is -0.314 e. The summed E-state index contributed by atoms with van der Waals surface area (Å²) in [6.45, 7) is 4.29. The van der Waals surface area contributed by atoms with Gasteiger partial charge in [0.25, 0.3) is 0 Å². The van der Waals surface area contributed by atoms with E-state index in [1.807, 2.05) is 4.90 Å². The van der Waals surface area contributed by atoms with Crippen molar-refractivity contribution in [1.29, 1.82) is 0 Å². The van der Waals surface area contributed by atoms with Crippen molar-refractivity contribution in [2.24, 2.45) is 0 Å². The van der Waals surface area contributed by atoms with Crippen LogP contribution in [0.2, 0.25) is 5.02 Å². The van der Waals surface area contributed by atoms with Crippen LogP contribution in [0, 0.1) is 5.82 Å². The quantitative estimate of drug-likeness (QED) is 0.850. The van der Waals surface area contributed by atoms with Crippen molar-refractivity contribution in [2.75, 3.05) is 26.2 Å². The van der Waals surface area contributed by atoms with Gasteiger partial charge in [0.2, 0.25) is 0 Å². The highest BCUT2D eigenvalue weighted by Crippen LogP contribution is 2.40. The monoisotopic (exact) mass is 324 g/mol. The average molecular weight is 325 g/mol.